The first-order valence-corrected chi connectivity index (χ1v) is 11.3. The van der Waals surface area contributed by atoms with Gasteiger partial charge in [-0.15, -0.1) is 0 Å². The van der Waals surface area contributed by atoms with E-state index < -0.39 is 0 Å². The fourth-order valence-electron chi connectivity index (χ4n) is 3.47. The van der Waals surface area contributed by atoms with Gasteiger partial charge in [-0.05, 0) is 37.1 Å². The van der Waals surface area contributed by atoms with Crippen LogP contribution >= 0.6 is 11.8 Å². The van der Waals surface area contributed by atoms with Crippen molar-refractivity contribution in [3.63, 3.8) is 0 Å². The van der Waals surface area contributed by atoms with Crippen LogP contribution in [0.2, 0.25) is 0 Å². The number of piperazine rings is 1. The van der Waals surface area contributed by atoms with E-state index in [0.29, 0.717) is 31.1 Å². The van der Waals surface area contributed by atoms with Crippen LogP contribution < -0.4 is 15.2 Å². The van der Waals surface area contributed by atoms with Crippen LogP contribution in [-0.2, 0) is 18.3 Å². The van der Waals surface area contributed by atoms with Crippen LogP contribution in [0.5, 0.6) is 5.75 Å². The average Bonchev–Trinajstić information content (AvgIpc) is 2.79. The Balaban J connectivity index is 1.64. The number of carbonyl (C=O) groups excluding carboxylic acids is 1. The van der Waals surface area contributed by atoms with Gasteiger partial charge >= 0.3 is 0 Å². The van der Waals surface area contributed by atoms with Crippen LogP contribution in [0.15, 0.2) is 40.3 Å². The Hall–Kier alpha value is -2.48. The van der Waals surface area contributed by atoms with Gasteiger partial charge in [-0.2, -0.15) is 0 Å². The lowest BCUT2D eigenvalue weighted by Crippen LogP contribution is -2.51. The van der Waals surface area contributed by atoms with E-state index in [9.17, 15) is 9.59 Å². The largest absolute Gasteiger partial charge is 0.497 e. The molecule has 8 heteroatoms. The van der Waals surface area contributed by atoms with Crippen molar-refractivity contribution in [2.24, 2.45) is 7.05 Å². The zero-order chi connectivity index (χ0) is 21.7. The Morgan fingerprint density at radius 1 is 1.17 bits per heavy atom. The molecule has 2 heterocycles. The average molecular weight is 431 g/mol. The lowest BCUT2D eigenvalue weighted by Gasteiger charge is -2.37. The molecule has 1 aliphatic heterocycles. The van der Waals surface area contributed by atoms with Gasteiger partial charge in [0.2, 0.25) is 5.91 Å². The number of nitrogens with zero attached hydrogens (tertiary/aromatic N) is 4. The first kappa shape index (κ1) is 22.2. The fourth-order valence-corrected chi connectivity index (χ4v) is 4.56. The third kappa shape index (κ3) is 4.98. The van der Waals surface area contributed by atoms with Gasteiger partial charge in [0, 0.05) is 50.7 Å². The Kier molecular flexibility index (Phi) is 7.42. The number of benzene rings is 1. The fraction of sp³-hybridized carbons (Fsp3) is 0.500. The maximum absolute atomic E-state index is 13.2. The number of carbonyl (C=O) groups is 1. The molecule has 1 atom stereocenters. The highest BCUT2D eigenvalue weighted by atomic mass is 32.2. The Bertz CT molecular complexity index is 921. The number of rotatable bonds is 7. The highest BCUT2D eigenvalue weighted by molar-refractivity contribution is 8.00. The summed E-state index contributed by atoms with van der Waals surface area (Å²) in [6.45, 7) is 6.93. The van der Waals surface area contributed by atoms with Gasteiger partial charge in [-0.3, -0.25) is 14.2 Å². The zero-order valence-electron chi connectivity index (χ0n) is 18.1. The van der Waals surface area contributed by atoms with E-state index in [0.717, 1.165) is 30.2 Å². The highest BCUT2D eigenvalue weighted by Gasteiger charge is 2.28. The maximum atomic E-state index is 13.2. The molecule has 1 fully saturated rings. The number of aryl methyl sites for hydroxylation is 1. The zero-order valence-corrected chi connectivity index (χ0v) is 18.9. The van der Waals surface area contributed by atoms with Gasteiger partial charge in [-0.25, -0.2) is 4.98 Å². The molecule has 0 radical (unpaired) electrons. The Morgan fingerprint density at radius 2 is 1.83 bits per heavy atom. The SMILES string of the molecule is CCc1cc(=O)n(C)c(SC(CC)C(=O)N2CCN(c3ccc(OC)cc3)CC2)n1. The molecule has 162 valence electrons. The van der Waals surface area contributed by atoms with Crippen molar-refractivity contribution in [2.45, 2.75) is 37.1 Å². The van der Waals surface area contributed by atoms with Gasteiger partial charge in [0.05, 0.1) is 12.4 Å². The standard InChI is InChI=1S/C22H30N4O3S/c1-5-16-15-20(27)24(3)22(23-16)30-19(6-2)21(28)26-13-11-25(12-14-26)17-7-9-18(29-4)10-8-17/h7-10,15,19H,5-6,11-14H2,1-4H3. The predicted molar refractivity (Wildman–Crippen MR) is 121 cm³/mol. The molecule has 1 amide bonds. The summed E-state index contributed by atoms with van der Waals surface area (Å²) in [5.74, 6) is 0.957. The highest BCUT2D eigenvalue weighted by Crippen LogP contribution is 2.26. The van der Waals surface area contributed by atoms with Crippen molar-refractivity contribution >= 4 is 23.4 Å². The molecule has 0 bridgehead atoms. The summed E-state index contributed by atoms with van der Waals surface area (Å²) >= 11 is 1.40. The number of methoxy groups -OCH3 is 1. The molecule has 0 N–H and O–H groups in total. The molecular weight excluding hydrogens is 400 g/mol. The third-order valence-corrected chi connectivity index (χ3v) is 6.83. The van der Waals surface area contributed by atoms with E-state index >= 15 is 0 Å². The molecule has 30 heavy (non-hydrogen) atoms. The molecular formula is C22H30N4O3S. The normalized spacial score (nSPS) is 15.2. The summed E-state index contributed by atoms with van der Waals surface area (Å²) in [7, 11) is 3.37. The minimum Gasteiger partial charge on any atom is -0.497 e. The maximum Gasteiger partial charge on any atom is 0.254 e. The molecule has 1 unspecified atom stereocenters. The Morgan fingerprint density at radius 3 is 2.40 bits per heavy atom. The van der Waals surface area contributed by atoms with Crippen molar-refractivity contribution in [3.05, 3.63) is 46.4 Å². The lowest BCUT2D eigenvalue weighted by molar-refractivity contribution is -0.130. The summed E-state index contributed by atoms with van der Waals surface area (Å²) < 4.78 is 6.75. The summed E-state index contributed by atoms with van der Waals surface area (Å²) in [6.07, 6.45) is 1.39. The molecule has 1 aromatic heterocycles. The lowest BCUT2D eigenvalue weighted by atomic mass is 10.2. The minimum absolute atomic E-state index is 0.0836. The minimum atomic E-state index is -0.247. The van der Waals surface area contributed by atoms with Crippen molar-refractivity contribution in [3.8, 4) is 5.75 Å². The summed E-state index contributed by atoms with van der Waals surface area (Å²) in [6, 6.07) is 9.57. The van der Waals surface area contributed by atoms with Gasteiger partial charge < -0.3 is 14.5 Å². The van der Waals surface area contributed by atoms with Gasteiger partial charge in [-0.1, -0.05) is 25.6 Å². The second-order valence-electron chi connectivity index (χ2n) is 7.31. The summed E-state index contributed by atoms with van der Waals surface area (Å²) in [4.78, 5) is 34.1. The number of thioether (sulfide) groups is 1. The molecule has 3 rings (SSSR count). The number of aromatic nitrogens is 2. The molecule has 1 aliphatic rings. The Labute approximate surface area is 182 Å². The summed E-state index contributed by atoms with van der Waals surface area (Å²) in [5.41, 5.74) is 1.82. The van der Waals surface area contributed by atoms with Crippen molar-refractivity contribution in [1.29, 1.82) is 0 Å². The monoisotopic (exact) mass is 430 g/mol. The van der Waals surface area contributed by atoms with Crippen LogP contribution in [0.25, 0.3) is 0 Å². The van der Waals surface area contributed by atoms with Gasteiger partial charge in [0.1, 0.15) is 5.75 Å². The topological polar surface area (TPSA) is 67.7 Å². The third-order valence-electron chi connectivity index (χ3n) is 5.43. The van der Waals surface area contributed by atoms with Crippen LogP contribution in [0, 0.1) is 0 Å². The first-order valence-electron chi connectivity index (χ1n) is 10.4. The van der Waals surface area contributed by atoms with E-state index in [2.05, 4.69) is 9.88 Å². The number of hydrogen-bond donors (Lipinski definition) is 0. The molecule has 0 saturated carbocycles. The number of amides is 1. The van der Waals surface area contributed by atoms with Crippen LogP contribution in [0.4, 0.5) is 5.69 Å². The van der Waals surface area contributed by atoms with Crippen LogP contribution in [0.3, 0.4) is 0 Å². The van der Waals surface area contributed by atoms with E-state index in [1.165, 1.54) is 16.3 Å². The van der Waals surface area contributed by atoms with E-state index in [4.69, 9.17) is 4.74 Å². The van der Waals surface area contributed by atoms with Gasteiger partial charge in [0.25, 0.3) is 5.56 Å². The van der Waals surface area contributed by atoms with E-state index in [1.807, 2.05) is 43.0 Å². The molecule has 2 aromatic rings. The van der Waals surface area contributed by atoms with Crippen LogP contribution in [0.1, 0.15) is 26.0 Å². The second-order valence-corrected chi connectivity index (χ2v) is 8.48. The first-order chi connectivity index (χ1) is 14.5. The van der Waals surface area contributed by atoms with E-state index in [1.54, 1.807) is 20.2 Å². The summed E-state index contributed by atoms with van der Waals surface area (Å²) in [5, 5.41) is 0.360. The number of anilines is 1. The van der Waals surface area contributed by atoms with Gasteiger partial charge in [0.15, 0.2) is 5.16 Å². The molecule has 0 aliphatic carbocycles. The second kappa shape index (κ2) is 10.0. The predicted octanol–water partition coefficient (Wildman–Crippen LogP) is 2.57. The quantitative estimate of drug-likeness (QED) is 0.497. The smallest absolute Gasteiger partial charge is 0.254 e. The molecule has 1 saturated heterocycles. The van der Waals surface area contributed by atoms with Crippen LogP contribution in [-0.4, -0.2) is 58.9 Å². The van der Waals surface area contributed by atoms with Crippen molar-refractivity contribution in [1.82, 2.24) is 14.5 Å². The molecule has 1 aromatic carbocycles. The van der Waals surface area contributed by atoms with E-state index in [-0.39, 0.29) is 16.7 Å². The number of ether oxygens (including phenoxy) is 1. The number of hydrogen-bond acceptors (Lipinski definition) is 6. The molecule has 7 nitrogen and oxygen atoms in total. The van der Waals surface area contributed by atoms with Crippen molar-refractivity contribution < 1.29 is 9.53 Å². The van der Waals surface area contributed by atoms with Crippen molar-refractivity contribution in [2.75, 3.05) is 38.2 Å². The molecule has 0 spiro atoms.